The molecular formula is C16H17Br2NO. The maximum Gasteiger partial charge on any atom is 0.132 e. The summed E-state index contributed by atoms with van der Waals surface area (Å²) in [7, 11) is 1.94. The van der Waals surface area contributed by atoms with Crippen LogP contribution in [-0.2, 0) is 0 Å². The summed E-state index contributed by atoms with van der Waals surface area (Å²) in [4.78, 5) is 0. The van der Waals surface area contributed by atoms with Crippen molar-refractivity contribution in [3.8, 4) is 11.5 Å². The standard InChI is InChI=1S/C16H17Br2NO/c1-10-4-5-13(18)9-16(10)20-15-7-6-12(17)8-14(15)11(2)19-3/h4-9,11,19H,1-3H3. The Morgan fingerprint density at radius 1 is 1.00 bits per heavy atom. The average molecular weight is 399 g/mol. The van der Waals surface area contributed by atoms with Gasteiger partial charge in [-0.15, -0.1) is 0 Å². The van der Waals surface area contributed by atoms with Crippen LogP contribution in [0.25, 0.3) is 0 Å². The third-order valence-corrected chi connectivity index (χ3v) is 4.23. The second kappa shape index (κ2) is 6.74. The molecule has 0 aliphatic carbocycles. The van der Waals surface area contributed by atoms with E-state index in [1.807, 2.05) is 44.3 Å². The van der Waals surface area contributed by atoms with Crippen LogP contribution in [0.4, 0.5) is 0 Å². The van der Waals surface area contributed by atoms with E-state index in [9.17, 15) is 0 Å². The molecule has 0 radical (unpaired) electrons. The molecule has 0 aliphatic heterocycles. The summed E-state index contributed by atoms with van der Waals surface area (Å²) in [6.07, 6.45) is 0. The largest absolute Gasteiger partial charge is 0.457 e. The Hall–Kier alpha value is -0.840. The Balaban J connectivity index is 2.40. The smallest absolute Gasteiger partial charge is 0.132 e. The molecule has 0 saturated carbocycles. The molecule has 0 bridgehead atoms. The average Bonchev–Trinajstić information content (AvgIpc) is 2.43. The molecule has 0 saturated heterocycles. The molecule has 0 spiro atoms. The van der Waals surface area contributed by atoms with Gasteiger partial charge in [-0.3, -0.25) is 0 Å². The van der Waals surface area contributed by atoms with Gasteiger partial charge in [0.15, 0.2) is 0 Å². The van der Waals surface area contributed by atoms with Gasteiger partial charge >= 0.3 is 0 Å². The predicted octanol–water partition coefficient (Wildman–Crippen LogP) is 5.59. The van der Waals surface area contributed by atoms with Gasteiger partial charge in [-0.2, -0.15) is 0 Å². The van der Waals surface area contributed by atoms with Crippen molar-refractivity contribution in [3.63, 3.8) is 0 Å². The molecule has 2 nitrogen and oxygen atoms in total. The number of hydrogen-bond donors (Lipinski definition) is 1. The van der Waals surface area contributed by atoms with E-state index < -0.39 is 0 Å². The Kier molecular flexibility index (Phi) is 5.24. The maximum atomic E-state index is 6.11. The fraction of sp³-hybridized carbons (Fsp3) is 0.250. The van der Waals surface area contributed by atoms with E-state index >= 15 is 0 Å². The van der Waals surface area contributed by atoms with E-state index in [2.05, 4.69) is 50.2 Å². The van der Waals surface area contributed by atoms with Crippen LogP contribution in [0.3, 0.4) is 0 Å². The first-order chi connectivity index (χ1) is 9.51. The van der Waals surface area contributed by atoms with E-state index in [0.717, 1.165) is 31.6 Å². The molecule has 0 heterocycles. The van der Waals surface area contributed by atoms with Gasteiger partial charge in [-0.25, -0.2) is 0 Å². The highest BCUT2D eigenvalue weighted by Crippen LogP contribution is 2.34. The molecular weight excluding hydrogens is 382 g/mol. The minimum atomic E-state index is 0.218. The Morgan fingerprint density at radius 2 is 1.65 bits per heavy atom. The van der Waals surface area contributed by atoms with Crippen LogP contribution in [0, 0.1) is 6.92 Å². The summed E-state index contributed by atoms with van der Waals surface area (Å²) >= 11 is 7.00. The first-order valence-electron chi connectivity index (χ1n) is 6.42. The van der Waals surface area contributed by atoms with Crippen molar-refractivity contribution in [3.05, 3.63) is 56.5 Å². The molecule has 2 rings (SSSR count). The van der Waals surface area contributed by atoms with E-state index in [0.29, 0.717) is 0 Å². The fourth-order valence-corrected chi connectivity index (χ4v) is 2.63. The van der Waals surface area contributed by atoms with E-state index in [4.69, 9.17) is 4.74 Å². The summed E-state index contributed by atoms with van der Waals surface area (Å²) in [6, 6.07) is 12.3. The quantitative estimate of drug-likeness (QED) is 0.724. The lowest BCUT2D eigenvalue weighted by Crippen LogP contribution is -2.13. The number of hydrogen-bond acceptors (Lipinski definition) is 2. The highest BCUT2D eigenvalue weighted by molar-refractivity contribution is 9.10. The van der Waals surface area contributed by atoms with E-state index in [1.54, 1.807) is 0 Å². The summed E-state index contributed by atoms with van der Waals surface area (Å²) in [5, 5.41) is 3.25. The Morgan fingerprint density at radius 3 is 2.35 bits per heavy atom. The van der Waals surface area contributed by atoms with Crippen molar-refractivity contribution in [2.24, 2.45) is 0 Å². The second-order valence-electron chi connectivity index (χ2n) is 4.70. The van der Waals surface area contributed by atoms with Crippen LogP contribution in [-0.4, -0.2) is 7.05 Å². The maximum absolute atomic E-state index is 6.11. The second-order valence-corrected chi connectivity index (χ2v) is 6.54. The van der Waals surface area contributed by atoms with Crippen LogP contribution in [0.2, 0.25) is 0 Å². The predicted molar refractivity (Wildman–Crippen MR) is 90.6 cm³/mol. The van der Waals surface area contributed by atoms with Crippen molar-refractivity contribution < 1.29 is 4.74 Å². The van der Waals surface area contributed by atoms with Gasteiger partial charge < -0.3 is 10.1 Å². The molecule has 0 fully saturated rings. The molecule has 20 heavy (non-hydrogen) atoms. The molecule has 1 N–H and O–H groups in total. The van der Waals surface area contributed by atoms with Crippen LogP contribution in [0.1, 0.15) is 24.1 Å². The summed E-state index contributed by atoms with van der Waals surface area (Å²) in [6.45, 7) is 4.16. The zero-order valence-electron chi connectivity index (χ0n) is 11.7. The highest BCUT2D eigenvalue weighted by Gasteiger charge is 2.12. The lowest BCUT2D eigenvalue weighted by molar-refractivity contribution is 0.462. The van der Waals surface area contributed by atoms with Gasteiger partial charge in [0.05, 0.1) is 0 Å². The van der Waals surface area contributed by atoms with Crippen LogP contribution < -0.4 is 10.1 Å². The molecule has 1 atom stereocenters. The van der Waals surface area contributed by atoms with E-state index in [-0.39, 0.29) is 6.04 Å². The fourth-order valence-electron chi connectivity index (χ4n) is 1.91. The first-order valence-corrected chi connectivity index (χ1v) is 8.00. The summed E-state index contributed by atoms with van der Waals surface area (Å²) < 4.78 is 8.17. The number of rotatable bonds is 4. The molecule has 2 aromatic rings. The van der Waals surface area contributed by atoms with Crippen LogP contribution >= 0.6 is 31.9 Å². The number of ether oxygens (including phenoxy) is 1. The van der Waals surface area contributed by atoms with Gasteiger partial charge in [0, 0.05) is 20.6 Å². The van der Waals surface area contributed by atoms with Crippen molar-refractivity contribution in [1.29, 1.82) is 0 Å². The van der Waals surface area contributed by atoms with Gasteiger partial charge in [0.1, 0.15) is 11.5 Å². The first kappa shape index (κ1) is 15.5. The normalized spacial score (nSPS) is 12.2. The van der Waals surface area contributed by atoms with Crippen LogP contribution in [0.15, 0.2) is 45.3 Å². The van der Waals surface area contributed by atoms with Crippen LogP contribution in [0.5, 0.6) is 11.5 Å². The van der Waals surface area contributed by atoms with E-state index in [1.165, 1.54) is 0 Å². The minimum absolute atomic E-state index is 0.218. The van der Waals surface area contributed by atoms with Gasteiger partial charge in [-0.1, -0.05) is 37.9 Å². The number of nitrogens with one attached hydrogen (secondary N) is 1. The van der Waals surface area contributed by atoms with Crippen molar-refractivity contribution in [1.82, 2.24) is 5.32 Å². The molecule has 106 valence electrons. The third kappa shape index (κ3) is 3.62. The SMILES string of the molecule is CNC(C)c1cc(Br)ccc1Oc1cc(Br)ccc1C. The minimum Gasteiger partial charge on any atom is -0.457 e. The number of aryl methyl sites for hydroxylation is 1. The van der Waals surface area contributed by atoms with Crippen molar-refractivity contribution in [2.45, 2.75) is 19.9 Å². The summed E-state index contributed by atoms with van der Waals surface area (Å²) in [5.74, 6) is 1.74. The third-order valence-electron chi connectivity index (χ3n) is 3.24. The molecule has 0 aliphatic rings. The molecule has 0 amide bonds. The van der Waals surface area contributed by atoms with Gasteiger partial charge in [0.25, 0.3) is 0 Å². The van der Waals surface area contributed by atoms with Gasteiger partial charge in [0.2, 0.25) is 0 Å². The number of benzene rings is 2. The number of halogens is 2. The Labute approximate surface area is 136 Å². The monoisotopic (exact) mass is 397 g/mol. The highest BCUT2D eigenvalue weighted by atomic mass is 79.9. The topological polar surface area (TPSA) is 21.3 Å². The molecule has 1 unspecified atom stereocenters. The molecule has 0 aromatic heterocycles. The lowest BCUT2D eigenvalue weighted by atomic mass is 10.1. The van der Waals surface area contributed by atoms with Crippen molar-refractivity contribution >= 4 is 31.9 Å². The lowest BCUT2D eigenvalue weighted by Gasteiger charge is -2.18. The molecule has 2 aromatic carbocycles. The Bertz CT molecular complexity index is 613. The van der Waals surface area contributed by atoms with Gasteiger partial charge in [-0.05, 0) is 56.8 Å². The molecule has 4 heteroatoms. The van der Waals surface area contributed by atoms with Crippen molar-refractivity contribution in [2.75, 3.05) is 7.05 Å². The zero-order chi connectivity index (χ0) is 14.7. The zero-order valence-corrected chi connectivity index (χ0v) is 14.9. The summed E-state index contributed by atoms with van der Waals surface area (Å²) in [5.41, 5.74) is 2.24.